The van der Waals surface area contributed by atoms with Crippen LogP contribution in [0.1, 0.15) is 78.6 Å². The smallest absolute Gasteiger partial charge is 0.0630 e. The van der Waals surface area contributed by atoms with Crippen molar-refractivity contribution in [3.63, 3.8) is 0 Å². The van der Waals surface area contributed by atoms with Crippen molar-refractivity contribution in [3.8, 4) is 0 Å². The first-order valence-corrected chi connectivity index (χ1v) is 7.48. The number of hydrogen-bond acceptors (Lipinski definition) is 1. The van der Waals surface area contributed by atoms with E-state index in [0.29, 0.717) is 0 Å². The lowest BCUT2D eigenvalue weighted by atomic mass is 9.74. The summed E-state index contributed by atoms with van der Waals surface area (Å²) in [7, 11) is 0. The number of aliphatic hydroxyl groups excluding tert-OH is 1. The van der Waals surface area contributed by atoms with Gasteiger partial charge in [-0.2, -0.15) is 0 Å². The lowest BCUT2D eigenvalue weighted by molar-refractivity contribution is 0.0388. The second-order valence-electron chi connectivity index (χ2n) is 5.26. The van der Waals surface area contributed by atoms with Crippen molar-refractivity contribution in [2.24, 2.45) is 5.41 Å². The molecule has 0 radical (unpaired) electrons. The van der Waals surface area contributed by atoms with E-state index < -0.39 is 0 Å². The molecule has 0 saturated heterocycles. The molecule has 2 atom stereocenters. The molecule has 0 rings (SSSR count). The zero-order valence-corrected chi connectivity index (χ0v) is 12.2. The Morgan fingerprint density at radius 1 is 1.06 bits per heavy atom. The minimum atomic E-state index is -0.202. The van der Waals surface area contributed by atoms with Crippen LogP contribution < -0.4 is 0 Å². The number of rotatable bonds is 11. The standard InChI is InChI=1S/C16H32O/c1-5-9-11-12-14-16(7-3,8-4)15(17)13-10-6-2/h7,15,17H,3,5-6,8-14H2,1-2,4H3/t15-,16-/m0/s1. The predicted molar refractivity (Wildman–Crippen MR) is 77.2 cm³/mol. The summed E-state index contributed by atoms with van der Waals surface area (Å²) < 4.78 is 0. The van der Waals surface area contributed by atoms with Gasteiger partial charge < -0.3 is 5.11 Å². The van der Waals surface area contributed by atoms with Crippen LogP contribution in [0, 0.1) is 5.41 Å². The lowest BCUT2D eigenvalue weighted by Gasteiger charge is -2.35. The number of unbranched alkanes of at least 4 members (excludes halogenated alkanes) is 4. The van der Waals surface area contributed by atoms with E-state index in [-0.39, 0.29) is 11.5 Å². The molecule has 0 aromatic carbocycles. The van der Waals surface area contributed by atoms with Crippen LogP contribution in [0.5, 0.6) is 0 Å². The van der Waals surface area contributed by atoms with Crippen LogP contribution in [0.25, 0.3) is 0 Å². The first kappa shape index (κ1) is 16.7. The summed E-state index contributed by atoms with van der Waals surface area (Å²) >= 11 is 0. The van der Waals surface area contributed by atoms with Gasteiger partial charge in [-0.3, -0.25) is 0 Å². The molecule has 0 heterocycles. The number of hydrogen-bond donors (Lipinski definition) is 1. The molecule has 0 unspecified atom stereocenters. The minimum Gasteiger partial charge on any atom is -0.392 e. The minimum absolute atomic E-state index is 0.0388. The van der Waals surface area contributed by atoms with Crippen molar-refractivity contribution < 1.29 is 5.11 Å². The van der Waals surface area contributed by atoms with Crippen molar-refractivity contribution in [3.05, 3.63) is 12.7 Å². The Morgan fingerprint density at radius 3 is 2.18 bits per heavy atom. The predicted octanol–water partition coefficient (Wildman–Crippen LogP) is 5.09. The summed E-state index contributed by atoms with van der Waals surface area (Å²) in [6.45, 7) is 10.6. The molecule has 0 amide bonds. The molecule has 0 aromatic heterocycles. The van der Waals surface area contributed by atoms with Crippen molar-refractivity contribution in [1.82, 2.24) is 0 Å². The molecule has 1 N–H and O–H groups in total. The Bertz CT molecular complexity index is 188. The van der Waals surface area contributed by atoms with E-state index >= 15 is 0 Å². The third kappa shape index (κ3) is 5.72. The molecule has 0 aliphatic heterocycles. The molecule has 1 nitrogen and oxygen atoms in total. The van der Waals surface area contributed by atoms with Crippen molar-refractivity contribution in [1.29, 1.82) is 0 Å². The zero-order valence-electron chi connectivity index (χ0n) is 12.2. The average Bonchev–Trinajstić information content (AvgIpc) is 2.37. The second-order valence-corrected chi connectivity index (χ2v) is 5.26. The summed E-state index contributed by atoms with van der Waals surface area (Å²) in [4.78, 5) is 0. The zero-order chi connectivity index (χ0) is 13.1. The molecular formula is C16H32O. The maximum absolute atomic E-state index is 10.4. The van der Waals surface area contributed by atoms with Crippen molar-refractivity contribution in [2.75, 3.05) is 0 Å². The largest absolute Gasteiger partial charge is 0.392 e. The number of aliphatic hydroxyl groups is 1. The molecule has 0 saturated carbocycles. The van der Waals surface area contributed by atoms with Crippen molar-refractivity contribution >= 4 is 0 Å². The maximum atomic E-state index is 10.4. The van der Waals surface area contributed by atoms with Gasteiger partial charge >= 0.3 is 0 Å². The Hall–Kier alpha value is -0.300. The highest BCUT2D eigenvalue weighted by molar-refractivity contribution is 4.99. The molecule has 0 fully saturated rings. The van der Waals surface area contributed by atoms with Gasteiger partial charge in [-0.15, -0.1) is 6.58 Å². The van der Waals surface area contributed by atoms with E-state index in [4.69, 9.17) is 0 Å². The summed E-state index contributed by atoms with van der Waals surface area (Å²) in [5, 5.41) is 10.4. The Balaban J connectivity index is 4.27. The van der Waals surface area contributed by atoms with Crippen LogP contribution in [-0.2, 0) is 0 Å². The van der Waals surface area contributed by atoms with Gasteiger partial charge in [0.15, 0.2) is 0 Å². The van der Waals surface area contributed by atoms with E-state index in [9.17, 15) is 5.11 Å². The third-order valence-electron chi connectivity index (χ3n) is 4.06. The van der Waals surface area contributed by atoms with Crippen molar-refractivity contribution in [2.45, 2.75) is 84.7 Å². The summed E-state index contributed by atoms with van der Waals surface area (Å²) in [5.41, 5.74) is -0.0388. The SMILES string of the molecule is C=C[C@](CC)(CCCCCC)[C@@H](O)CCCC. The lowest BCUT2D eigenvalue weighted by Crippen LogP contribution is -2.32. The molecule has 0 spiro atoms. The van der Waals surface area contributed by atoms with E-state index in [1.54, 1.807) is 0 Å². The maximum Gasteiger partial charge on any atom is 0.0630 e. The molecule has 17 heavy (non-hydrogen) atoms. The van der Waals surface area contributed by atoms with E-state index in [1.165, 1.54) is 25.7 Å². The Kier molecular flexibility index (Phi) is 9.53. The van der Waals surface area contributed by atoms with Gasteiger partial charge in [-0.05, 0) is 19.3 Å². The van der Waals surface area contributed by atoms with E-state index in [1.807, 2.05) is 6.08 Å². The quantitative estimate of drug-likeness (QED) is 0.394. The highest BCUT2D eigenvalue weighted by Gasteiger charge is 2.31. The molecular weight excluding hydrogens is 208 g/mol. The highest BCUT2D eigenvalue weighted by Crippen LogP contribution is 2.36. The highest BCUT2D eigenvalue weighted by atomic mass is 16.3. The monoisotopic (exact) mass is 240 g/mol. The fourth-order valence-corrected chi connectivity index (χ4v) is 2.53. The fourth-order valence-electron chi connectivity index (χ4n) is 2.53. The topological polar surface area (TPSA) is 20.2 Å². The van der Waals surface area contributed by atoms with Gasteiger partial charge in [0.25, 0.3) is 0 Å². The molecule has 0 aliphatic carbocycles. The van der Waals surface area contributed by atoms with E-state index in [0.717, 1.165) is 32.1 Å². The van der Waals surface area contributed by atoms with Crippen LogP contribution in [-0.4, -0.2) is 11.2 Å². The summed E-state index contributed by atoms with van der Waals surface area (Å²) in [6.07, 6.45) is 12.2. The Morgan fingerprint density at radius 2 is 1.71 bits per heavy atom. The van der Waals surface area contributed by atoms with Gasteiger partial charge in [0.05, 0.1) is 6.10 Å². The first-order chi connectivity index (χ1) is 8.16. The summed E-state index contributed by atoms with van der Waals surface area (Å²) in [6, 6.07) is 0. The fraction of sp³-hybridized carbons (Fsp3) is 0.875. The van der Waals surface area contributed by atoms with Gasteiger partial charge in [-0.1, -0.05) is 65.4 Å². The van der Waals surface area contributed by atoms with Crippen LogP contribution in [0.2, 0.25) is 0 Å². The van der Waals surface area contributed by atoms with Gasteiger partial charge in [0.2, 0.25) is 0 Å². The third-order valence-corrected chi connectivity index (χ3v) is 4.06. The normalized spacial score (nSPS) is 16.5. The van der Waals surface area contributed by atoms with Gasteiger partial charge in [-0.25, -0.2) is 0 Å². The van der Waals surface area contributed by atoms with Crippen LogP contribution in [0.4, 0.5) is 0 Å². The van der Waals surface area contributed by atoms with E-state index in [2.05, 4.69) is 27.4 Å². The second kappa shape index (κ2) is 9.70. The molecule has 102 valence electrons. The molecule has 1 heteroatoms. The van der Waals surface area contributed by atoms with Crippen LogP contribution in [0.3, 0.4) is 0 Å². The first-order valence-electron chi connectivity index (χ1n) is 7.48. The average molecular weight is 240 g/mol. The molecule has 0 bridgehead atoms. The van der Waals surface area contributed by atoms with Crippen LogP contribution in [0.15, 0.2) is 12.7 Å². The Labute approximate surface area is 108 Å². The van der Waals surface area contributed by atoms with Crippen LogP contribution >= 0.6 is 0 Å². The van der Waals surface area contributed by atoms with Gasteiger partial charge in [0.1, 0.15) is 0 Å². The molecule has 0 aliphatic rings. The molecule has 0 aromatic rings. The van der Waals surface area contributed by atoms with Gasteiger partial charge in [0, 0.05) is 5.41 Å². The summed E-state index contributed by atoms with van der Waals surface area (Å²) in [5.74, 6) is 0.